The fourth-order valence-corrected chi connectivity index (χ4v) is 2.99. The molecule has 1 fully saturated rings. The maximum atomic E-state index is 13.7. The fourth-order valence-electron chi connectivity index (χ4n) is 2.99. The molecular weight excluding hydrogens is 374 g/mol. The first-order chi connectivity index (χ1) is 11.8. The number of carbonyl (C=O) groups is 1. The number of benzene rings is 1. The first-order valence-corrected chi connectivity index (χ1v) is 8.31. The smallest absolute Gasteiger partial charge is 0.354 e. The van der Waals surface area contributed by atoms with Crippen LogP contribution < -0.4 is 10.6 Å². The van der Waals surface area contributed by atoms with Crippen molar-refractivity contribution in [2.24, 2.45) is 0 Å². The van der Waals surface area contributed by atoms with Crippen LogP contribution in [0.15, 0.2) is 24.3 Å². The molecule has 0 aliphatic carbocycles. The number of halogens is 5. The van der Waals surface area contributed by atoms with Crippen LogP contribution in [0, 0.1) is 5.82 Å². The zero-order valence-electron chi connectivity index (χ0n) is 14.5. The molecule has 2 atom stereocenters. The number of carbonyl (C=O) groups excluding carboxylic acids is 1. The topological polar surface area (TPSA) is 44.4 Å². The Morgan fingerprint density at radius 3 is 2.46 bits per heavy atom. The molecule has 0 aromatic heterocycles. The number of alkyl halides is 3. The average molecular weight is 398 g/mol. The van der Waals surface area contributed by atoms with E-state index in [-0.39, 0.29) is 31.9 Å². The Morgan fingerprint density at radius 2 is 1.88 bits per heavy atom. The van der Waals surface area contributed by atoms with Gasteiger partial charge in [0.1, 0.15) is 11.9 Å². The fraction of sp³-hybridized carbons (Fsp3) is 0.588. The van der Waals surface area contributed by atoms with Gasteiger partial charge < -0.3 is 10.6 Å². The Hall–Kier alpha value is -1.38. The Morgan fingerprint density at radius 1 is 1.27 bits per heavy atom. The van der Waals surface area contributed by atoms with E-state index in [2.05, 4.69) is 10.6 Å². The standard InChI is InChI=1S/C17H23F4N3O.ClH/c1-12(13-4-2-3-5-14(13)18)10-16(25)23-11-15(17(19,20)21)24-8-6-22-7-9-24;/h2-5,12,15,22H,6-11H2,1H3,(H,23,25);1H. The van der Waals surface area contributed by atoms with Gasteiger partial charge in [-0.25, -0.2) is 4.39 Å². The van der Waals surface area contributed by atoms with E-state index in [0.29, 0.717) is 18.7 Å². The van der Waals surface area contributed by atoms with Crippen LogP contribution in [0.2, 0.25) is 0 Å². The molecule has 0 bridgehead atoms. The van der Waals surface area contributed by atoms with E-state index in [1.807, 2.05) is 0 Å². The van der Waals surface area contributed by atoms with Crippen molar-refractivity contribution in [2.45, 2.75) is 31.5 Å². The minimum atomic E-state index is -4.41. The van der Waals surface area contributed by atoms with Gasteiger partial charge in [0, 0.05) is 39.1 Å². The van der Waals surface area contributed by atoms with Gasteiger partial charge in [0.05, 0.1) is 0 Å². The molecule has 0 saturated carbocycles. The molecule has 1 saturated heterocycles. The largest absolute Gasteiger partial charge is 0.405 e. The molecule has 2 rings (SSSR count). The molecule has 1 aromatic carbocycles. The number of hydrogen-bond acceptors (Lipinski definition) is 3. The van der Waals surface area contributed by atoms with Crippen molar-refractivity contribution < 1.29 is 22.4 Å². The summed E-state index contributed by atoms with van der Waals surface area (Å²) in [5, 5.41) is 5.37. The van der Waals surface area contributed by atoms with E-state index >= 15 is 0 Å². The molecule has 9 heteroatoms. The summed E-state index contributed by atoms with van der Waals surface area (Å²) in [5.74, 6) is -1.35. The van der Waals surface area contributed by atoms with E-state index in [4.69, 9.17) is 0 Å². The number of piperazine rings is 1. The van der Waals surface area contributed by atoms with Crippen LogP contribution in [0.5, 0.6) is 0 Å². The second kappa shape index (κ2) is 10.1. The number of hydrogen-bond donors (Lipinski definition) is 2. The van der Waals surface area contributed by atoms with Crippen LogP contribution in [-0.4, -0.2) is 55.7 Å². The lowest BCUT2D eigenvalue weighted by Gasteiger charge is -2.36. The molecule has 0 radical (unpaired) electrons. The Kier molecular flexibility index (Phi) is 8.79. The van der Waals surface area contributed by atoms with Gasteiger partial charge >= 0.3 is 6.18 Å². The van der Waals surface area contributed by atoms with Crippen LogP contribution in [0.1, 0.15) is 24.8 Å². The lowest BCUT2D eigenvalue weighted by molar-refractivity contribution is -0.184. The molecule has 4 nitrogen and oxygen atoms in total. The Balaban J connectivity index is 0.00000338. The molecule has 2 N–H and O–H groups in total. The summed E-state index contributed by atoms with van der Waals surface area (Å²) in [6.07, 6.45) is -4.48. The van der Waals surface area contributed by atoms with E-state index < -0.39 is 36.4 Å². The highest BCUT2D eigenvalue weighted by atomic mass is 35.5. The maximum Gasteiger partial charge on any atom is 0.405 e. The third-order valence-corrected chi connectivity index (χ3v) is 4.39. The molecule has 148 valence electrons. The van der Waals surface area contributed by atoms with Crippen molar-refractivity contribution in [1.29, 1.82) is 0 Å². The summed E-state index contributed by atoms with van der Waals surface area (Å²) in [5.41, 5.74) is 0.382. The van der Waals surface area contributed by atoms with E-state index in [9.17, 15) is 22.4 Å². The Labute approximate surface area is 156 Å². The molecule has 1 aliphatic heterocycles. The SMILES string of the molecule is CC(CC(=O)NCC(N1CCNCC1)C(F)(F)F)c1ccccc1F.Cl. The quantitative estimate of drug-likeness (QED) is 0.725. The number of nitrogens with one attached hydrogen (secondary N) is 2. The van der Waals surface area contributed by atoms with Crippen LogP contribution in [0.4, 0.5) is 17.6 Å². The van der Waals surface area contributed by atoms with Crippen LogP contribution >= 0.6 is 12.4 Å². The highest BCUT2D eigenvalue weighted by Gasteiger charge is 2.43. The summed E-state index contributed by atoms with van der Waals surface area (Å²) in [4.78, 5) is 13.4. The van der Waals surface area contributed by atoms with Crippen molar-refractivity contribution in [3.63, 3.8) is 0 Å². The first kappa shape index (κ1) is 22.7. The predicted molar refractivity (Wildman–Crippen MR) is 94.0 cm³/mol. The third kappa shape index (κ3) is 6.41. The monoisotopic (exact) mass is 397 g/mol. The molecule has 1 aromatic rings. The second-order valence-corrected chi connectivity index (χ2v) is 6.27. The van der Waals surface area contributed by atoms with Crippen molar-refractivity contribution >= 4 is 18.3 Å². The summed E-state index contributed by atoms with van der Waals surface area (Å²) in [6, 6.07) is 4.38. The maximum absolute atomic E-state index is 13.7. The van der Waals surface area contributed by atoms with Crippen molar-refractivity contribution in [3.8, 4) is 0 Å². The van der Waals surface area contributed by atoms with Gasteiger partial charge in [-0.3, -0.25) is 9.69 Å². The number of rotatable bonds is 6. The molecule has 1 heterocycles. The van der Waals surface area contributed by atoms with Crippen molar-refractivity contribution in [2.75, 3.05) is 32.7 Å². The number of nitrogens with zero attached hydrogens (tertiary/aromatic N) is 1. The highest BCUT2D eigenvalue weighted by Crippen LogP contribution is 2.25. The third-order valence-electron chi connectivity index (χ3n) is 4.39. The summed E-state index contributed by atoms with van der Waals surface area (Å²) < 4.78 is 53.5. The van der Waals surface area contributed by atoms with Gasteiger partial charge in [-0.2, -0.15) is 13.2 Å². The van der Waals surface area contributed by atoms with E-state index in [1.165, 1.54) is 11.0 Å². The van der Waals surface area contributed by atoms with Gasteiger partial charge in [-0.1, -0.05) is 25.1 Å². The summed E-state index contributed by atoms with van der Waals surface area (Å²) >= 11 is 0. The van der Waals surface area contributed by atoms with Gasteiger partial charge in [-0.05, 0) is 17.5 Å². The minimum Gasteiger partial charge on any atom is -0.354 e. The van der Waals surface area contributed by atoms with Crippen LogP contribution in [-0.2, 0) is 4.79 Å². The second-order valence-electron chi connectivity index (χ2n) is 6.27. The van der Waals surface area contributed by atoms with Crippen molar-refractivity contribution in [3.05, 3.63) is 35.6 Å². The lowest BCUT2D eigenvalue weighted by atomic mass is 9.97. The summed E-state index contributed by atoms with van der Waals surface area (Å²) in [6.45, 7) is 2.73. The van der Waals surface area contributed by atoms with Gasteiger partial charge in [0.25, 0.3) is 0 Å². The molecule has 26 heavy (non-hydrogen) atoms. The Bertz CT molecular complexity index is 579. The molecule has 1 amide bonds. The molecule has 2 unspecified atom stereocenters. The zero-order chi connectivity index (χ0) is 18.4. The highest BCUT2D eigenvalue weighted by molar-refractivity contribution is 5.85. The van der Waals surface area contributed by atoms with Crippen LogP contribution in [0.25, 0.3) is 0 Å². The van der Waals surface area contributed by atoms with Gasteiger partial charge in [0.2, 0.25) is 5.91 Å². The van der Waals surface area contributed by atoms with E-state index in [1.54, 1.807) is 25.1 Å². The zero-order valence-corrected chi connectivity index (χ0v) is 15.3. The van der Waals surface area contributed by atoms with Crippen molar-refractivity contribution in [1.82, 2.24) is 15.5 Å². The molecule has 1 aliphatic rings. The molecular formula is C17H24ClF4N3O. The van der Waals surface area contributed by atoms with Gasteiger partial charge in [0.15, 0.2) is 0 Å². The van der Waals surface area contributed by atoms with E-state index in [0.717, 1.165) is 0 Å². The average Bonchev–Trinajstić information content (AvgIpc) is 2.55. The number of amides is 1. The molecule has 0 spiro atoms. The normalized spacial score (nSPS) is 17.9. The first-order valence-electron chi connectivity index (χ1n) is 8.31. The minimum absolute atomic E-state index is 0. The lowest BCUT2D eigenvalue weighted by Crippen LogP contribution is -2.57. The van der Waals surface area contributed by atoms with Gasteiger partial charge in [-0.15, -0.1) is 12.4 Å². The summed E-state index contributed by atoms with van der Waals surface area (Å²) in [7, 11) is 0. The van der Waals surface area contributed by atoms with Crippen LogP contribution in [0.3, 0.4) is 0 Å². The predicted octanol–water partition coefficient (Wildman–Crippen LogP) is 2.69.